The molecule has 0 bridgehead atoms. The Balaban J connectivity index is 1.31. The minimum absolute atomic E-state index is 0.0409. The van der Waals surface area contributed by atoms with E-state index in [4.69, 9.17) is 9.47 Å². The first kappa shape index (κ1) is 28.7. The lowest BCUT2D eigenvalue weighted by Gasteiger charge is -2.48. The zero-order chi connectivity index (χ0) is 28.8. The Morgan fingerprint density at radius 1 is 1.00 bits per heavy atom. The van der Waals surface area contributed by atoms with E-state index in [2.05, 4.69) is 10.3 Å². The zero-order valence-corrected chi connectivity index (χ0v) is 24.2. The Morgan fingerprint density at radius 2 is 1.68 bits per heavy atom. The number of hydrogen-bond acceptors (Lipinski definition) is 10. The van der Waals surface area contributed by atoms with Gasteiger partial charge in [0.2, 0.25) is 5.91 Å². The van der Waals surface area contributed by atoms with Gasteiger partial charge in [-0.2, -0.15) is 0 Å². The minimum atomic E-state index is -1.45. The Hall–Kier alpha value is -3.87. The van der Waals surface area contributed by atoms with E-state index >= 15 is 0 Å². The van der Waals surface area contributed by atoms with E-state index in [0.29, 0.717) is 5.75 Å². The minimum Gasteiger partial charge on any atom is -0.484 e. The summed E-state index contributed by atoms with van der Waals surface area (Å²) in [5.74, 6) is -1.92. The van der Waals surface area contributed by atoms with E-state index < -0.39 is 41.0 Å². The molecule has 2 amide bonds. The number of hydrogen-bond donors (Lipinski definition) is 1. The van der Waals surface area contributed by atoms with Crippen LogP contribution in [-0.4, -0.2) is 57.5 Å². The SMILES string of the molecule is CC(=O)C(C(=O)OCc1ccccc1)N1C(=O)C(NC(=O)COc2ccccc2)C1SSc1nc2ccccc2s1. The first-order valence-electron chi connectivity index (χ1n) is 12.6. The summed E-state index contributed by atoms with van der Waals surface area (Å²) in [4.78, 5) is 57.6. The summed E-state index contributed by atoms with van der Waals surface area (Å²) in [6, 6.07) is 23.1. The van der Waals surface area contributed by atoms with E-state index in [1.165, 1.54) is 44.7 Å². The third-order valence-corrected chi connectivity index (χ3v) is 10.1. The van der Waals surface area contributed by atoms with Crippen LogP contribution in [0.3, 0.4) is 0 Å². The molecule has 1 aliphatic rings. The molecule has 1 fully saturated rings. The molecule has 41 heavy (non-hydrogen) atoms. The summed E-state index contributed by atoms with van der Waals surface area (Å²) in [6.07, 6.45) is 0. The molecule has 1 aliphatic heterocycles. The maximum atomic E-state index is 13.3. The average Bonchev–Trinajstić information content (AvgIpc) is 3.41. The van der Waals surface area contributed by atoms with Crippen molar-refractivity contribution in [2.75, 3.05) is 6.61 Å². The number of amides is 2. The molecule has 12 heteroatoms. The highest BCUT2D eigenvalue weighted by molar-refractivity contribution is 8.77. The highest BCUT2D eigenvalue weighted by Gasteiger charge is 2.55. The molecular formula is C29H25N3O6S3. The number of benzene rings is 3. The summed E-state index contributed by atoms with van der Waals surface area (Å²) >= 11 is 1.49. The molecule has 3 aromatic carbocycles. The van der Waals surface area contributed by atoms with Gasteiger partial charge in [0.25, 0.3) is 5.91 Å². The Bertz CT molecular complexity index is 1520. The highest BCUT2D eigenvalue weighted by atomic mass is 33.1. The molecule has 0 saturated carbocycles. The number of fused-ring (bicyclic) bond motifs is 1. The quantitative estimate of drug-likeness (QED) is 0.108. The highest BCUT2D eigenvalue weighted by Crippen LogP contribution is 2.45. The van der Waals surface area contributed by atoms with Crippen LogP contribution in [0.4, 0.5) is 0 Å². The van der Waals surface area contributed by atoms with Gasteiger partial charge in [-0.1, -0.05) is 71.5 Å². The number of β-lactam (4-membered cyclic amide) rings is 1. The fraction of sp³-hybridized carbons (Fsp3) is 0.207. The molecule has 0 radical (unpaired) electrons. The molecule has 3 unspecified atom stereocenters. The number of thiazole rings is 1. The van der Waals surface area contributed by atoms with Crippen LogP contribution in [0.15, 0.2) is 89.3 Å². The Kier molecular flexibility index (Phi) is 9.22. The van der Waals surface area contributed by atoms with E-state index in [-0.39, 0.29) is 13.2 Å². The first-order valence-corrected chi connectivity index (χ1v) is 15.6. The van der Waals surface area contributed by atoms with Gasteiger partial charge in [0.1, 0.15) is 23.8 Å². The van der Waals surface area contributed by atoms with Crippen LogP contribution < -0.4 is 10.1 Å². The van der Waals surface area contributed by atoms with E-state index in [9.17, 15) is 19.2 Å². The topological polar surface area (TPSA) is 115 Å². The van der Waals surface area contributed by atoms with Gasteiger partial charge < -0.3 is 19.7 Å². The number of nitrogens with one attached hydrogen (secondary N) is 1. The number of para-hydroxylation sites is 2. The largest absolute Gasteiger partial charge is 0.484 e. The second-order valence-corrected chi connectivity index (χ2v) is 12.6. The van der Waals surface area contributed by atoms with E-state index in [0.717, 1.165) is 20.1 Å². The van der Waals surface area contributed by atoms with Gasteiger partial charge in [0, 0.05) is 0 Å². The number of carbonyl (C=O) groups excluding carboxylic acids is 4. The number of rotatable bonds is 12. The number of aromatic nitrogens is 1. The normalized spacial score (nSPS) is 17.0. The third kappa shape index (κ3) is 6.89. The van der Waals surface area contributed by atoms with Crippen molar-refractivity contribution in [1.29, 1.82) is 0 Å². The van der Waals surface area contributed by atoms with Crippen LogP contribution in [0.2, 0.25) is 0 Å². The van der Waals surface area contributed by atoms with Crippen molar-refractivity contribution in [3.63, 3.8) is 0 Å². The van der Waals surface area contributed by atoms with Gasteiger partial charge in [-0.05, 0) is 47.5 Å². The summed E-state index contributed by atoms with van der Waals surface area (Å²) in [5.41, 5.74) is 1.59. The predicted octanol–water partition coefficient (Wildman–Crippen LogP) is 4.47. The van der Waals surface area contributed by atoms with E-state index in [1.807, 2.05) is 48.5 Å². The van der Waals surface area contributed by atoms with Crippen LogP contribution in [0.5, 0.6) is 5.75 Å². The van der Waals surface area contributed by atoms with Gasteiger partial charge in [-0.3, -0.25) is 14.4 Å². The summed E-state index contributed by atoms with van der Waals surface area (Å²) in [6.45, 7) is 0.899. The molecule has 5 rings (SSSR count). The Labute approximate surface area is 248 Å². The van der Waals surface area contributed by atoms with Gasteiger partial charge in [-0.15, -0.1) is 11.3 Å². The average molecular weight is 608 g/mol. The van der Waals surface area contributed by atoms with Gasteiger partial charge >= 0.3 is 5.97 Å². The fourth-order valence-corrected chi connectivity index (χ4v) is 8.10. The van der Waals surface area contributed by atoms with Crippen molar-refractivity contribution in [3.8, 4) is 5.75 Å². The number of ether oxygens (including phenoxy) is 2. The standard InChI is InChI=1S/C29H25N3O6S3/c1-18(33)25(28(36)38-16-19-10-4-2-5-11-19)32-26(35)24(31-23(34)17-37-20-12-6-3-7-13-20)27(32)40-41-29-30-21-14-8-9-15-22(21)39-29/h2-15,24-25,27H,16-17H2,1H3,(H,31,34). The smallest absolute Gasteiger partial charge is 0.337 e. The predicted molar refractivity (Wildman–Crippen MR) is 158 cm³/mol. The van der Waals surface area contributed by atoms with Gasteiger partial charge in [-0.25, -0.2) is 9.78 Å². The first-order chi connectivity index (χ1) is 19.9. The van der Waals surface area contributed by atoms with Crippen LogP contribution in [0, 0.1) is 0 Å². The van der Waals surface area contributed by atoms with Crippen molar-refractivity contribution in [1.82, 2.24) is 15.2 Å². The lowest BCUT2D eigenvalue weighted by Crippen LogP contribution is -2.74. The number of ketones is 1. The van der Waals surface area contributed by atoms with E-state index in [1.54, 1.807) is 36.4 Å². The lowest BCUT2D eigenvalue weighted by atomic mass is 10.0. The molecule has 1 saturated heterocycles. The monoisotopic (exact) mass is 607 g/mol. The molecule has 9 nitrogen and oxygen atoms in total. The number of likely N-dealkylation sites (tertiary alicyclic amines) is 1. The van der Waals surface area contributed by atoms with Gasteiger partial charge in [0.05, 0.1) is 10.2 Å². The van der Waals surface area contributed by atoms with Gasteiger partial charge in [0.15, 0.2) is 22.8 Å². The second-order valence-electron chi connectivity index (χ2n) is 9.02. The summed E-state index contributed by atoms with van der Waals surface area (Å²) in [5, 5.41) is 1.96. The lowest BCUT2D eigenvalue weighted by molar-refractivity contribution is -0.168. The van der Waals surface area contributed by atoms with Crippen molar-refractivity contribution in [2.24, 2.45) is 0 Å². The maximum absolute atomic E-state index is 13.3. The number of esters is 1. The van der Waals surface area contributed by atoms with Crippen molar-refractivity contribution >= 4 is 66.7 Å². The fourth-order valence-electron chi connectivity index (χ4n) is 4.14. The molecule has 4 aromatic rings. The number of carbonyl (C=O) groups is 4. The Morgan fingerprint density at radius 3 is 2.39 bits per heavy atom. The van der Waals surface area contributed by atoms with Crippen LogP contribution in [0.1, 0.15) is 12.5 Å². The molecule has 3 atom stereocenters. The summed E-state index contributed by atoms with van der Waals surface area (Å²) < 4.78 is 12.7. The van der Waals surface area contributed by atoms with Crippen molar-refractivity contribution in [3.05, 3.63) is 90.5 Å². The van der Waals surface area contributed by atoms with Crippen molar-refractivity contribution < 1.29 is 28.7 Å². The van der Waals surface area contributed by atoms with Crippen LogP contribution >= 0.6 is 32.9 Å². The molecule has 1 N–H and O–H groups in total. The molecule has 1 aromatic heterocycles. The molecule has 0 aliphatic carbocycles. The second kappa shape index (κ2) is 13.2. The number of nitrogens with zero attached hydrogens (tertiary/aromatic N) is 2. The zero-order valence-electron chi connectivity index (χ0n) is 21.8. The number of Topliss-reactive ketones (excluding diaryl/α,β-unsaturated/α-hetero) is 1. The van der Waals surface area contributed by atoms with Crippen LogP contribution in [0.25, 0.3) is 10.2 Å². The molecule has 2 heterocycles. The van der Waals surface area contributed by atoms with Crippen LogP contribution in [-0.2, 0) is 30.5 Å². The summed E-state index contributed by atoms with van der Waals surface area (Å²) in [7, 11) is 2.55. The molecule has 0 spiro atoms. The molecular weight excluding hydrogens is 583 g/mol. The third-order valence-electron chi connectivity index (χ3n) is 6.11. The van der Waals surface area contributed by atoms with Crippen molar-refractivity contribution in [2.45, 2.75) is 35.3 Å². The molecule has 210 valence electrons. The maximum Gasteiger partial charge on any atom is 0.337 e.